The van der Waals surface area contributed by atoms with Crippen LogP contribution in [0.25, 0.3) is 20.2 Å². The van der Waals surface area contributed by atoms with Gasteiger partial charge in [0.1, 0.15) is 0 Å². The largest absolute Gasteiger partial charge is 0.281 e. The van der Waals surface area contributed by atoms with Gasteiger partial charge in [0.15, 0.2) is 0 Å². The molecule has 0 aliphatic carbocycles. The molecule has 0 unspecified atom stereocenters. The molecule has 0 saturated carbocycles. The SMILES string of the molecule is Cc1ccc(N(I)c2cccc3c2sc2ccccc23)c(C)c1. The summed E-state index contributed by atoms with van der Waals surface area (Å²) in [4.78, 5) is 0. The lowest BCUT2D eigenvalue weighted by molar-refractivity contribution is 1.35. The molecule has 0 amide bonds. The van der Waals surface area contributed by atoms with E-state index in [-0.39, 0.29) is 0 Å². The average Bonchev–Trinajstić information content (AvgIpc) is 2.93. The zero-order valence-electron chi connectivity index (χ0n) is 13.0. The molecule has 0 aliphatic heterocycles. The number of hydrogen-bond donors (Lipinski definition) is 0. The van der Waals surface area contributed by atoms with E-state index in [0.29, 0.717) is 0 Å². The normalized spacial score (nSPS) is 11.3. The summed E-state index contributed by atoms with van der Waals surface area (Å²) in [7, 11) is 0. The van der Waals surface area contributed by atoms with Crippen molar-refractivity contribution in [3.8, 4) is 0 Å². The molecular weight excluding hydrogens is 413 g/mol. The molecule has 1 nitrogen and oxygen atoms in total. The van der Waals surface area contributed by atoms with E-state index >= 15 is 0 Å². The van der Waals surface area contributed by atoms with Crippen LogP contribution in [0, 0.1) is 13.8 Å². The van der Waals surface area contributed by atoms with Gasteiger partial charge in [-0.1, -0.05) is 48.0 Å². The molecule has 0 atom stereocenters. The van der Waals surface area contributed by atoms with Crippen LogP contribution in [0.3, 0.4) is 0 Å². The Morgan fingerprint density at radius 3 is 2.43 bits per heavy atom. The van der Waals surface area contributed by atoms with Crippen LogP contribution >= 0.6 is 34.2 Å². The van der Waals surface area contributed by atoms with Gasteiger partial charge in [-0.05, 0) is 37.6 Å². The van der Waals surface area contributed by atoms with Crippen LogP contribution in [0.5, 0.6) is 0 Å². The highest BCUT2D eigenvalue weighted by Gasteiger charge is 2.15. The van der Waals surface area contributed by atoms with Gasteiger partial charge >= 0.3 is 0 Å². The number of rotatable bonds is 2. The lowest BCUT2D eigenvalue weighted by atomic mass is 10.1. The van der Waals surface area contributed by atoms with Crippen molar-refractivity contribution in [2.45, 2.75) is 13.8 Å². The van der Waals surface area contributed by atoms with Crippen LogP contribution in [0.4, 0.5) is 11.4 Å². The molecule has 23 heavy (non-hydrogen) atoms. The van der Waals surface area contributed by atoms with Gasteiger partial charge in [-0.15, -0.1) is 11.3 Å². The molecule has 114 valence electrons. The van der Waals surface area contributed by atoms with Crippen molar-refractivity contribution >= 4 is 65.7 Å². The lowest BCUT2D eigenvalue weighted by Crippen LogP contribution is -2.03. The van der Waals surface area contributed by atoms with Crippen molar-refractivity contribution in [1.82, 2.24) is 0 Å². The Morgan fingerprint density at radius 1 is 0.826 bits per heavy atom. The number of anilines is 2. The molecule has 0 fully saturated rings. The fourth-order valence-electron chi connectivity index (χ4n) is 3.04. The third kappa shape index (κ3) is 2.52. The van der Waals surface area contributed by atoms with Gasteiger partial charge in [-0.3, -0.25) is 3.11 Å². The minimum absolute atomic E-state index is 1.25. The van der Waals surface area contributed by atoms with Gasteiger partial charge in [0.05, 0.1) is 38.9 Å². The number of aryl methyl sites for hydroxylation is 2. The van der Waals surface area contributed by atoms with E-state index in [4.69, 9.17) is 0 Å². The zero-order valence-corrected chi connectivity index (χ0v) is 16.0. The van der Waals surface area contributed by atoms with E-state index in [9.17, 15) is 0 Å². The average molecular weight is 429 g/mol. The number of fused-ring (bicyclic) bond motifs is 3. The highest BCUT2D eigenvalue weighted by atomic mass is 127. The Morgan fingerprint density at radius 2 is 1.61 bits per heavy atom. The summed E-state index contributed by atoms with van der Waals surface area (Å²) < 4.78 is 4.98. The second-order valence-corrected chi connectivity index (χ2v) is 7.84. The molecule has 0 saturated heterocycles. The Balaban J connectivity index is 1.94. The van der Waals surface area contributed by atoms with Crippen LogP contribution in [0.15, 0.2) is 60.7 Å². The van der Waals surface area contributed by atoms with Crippen LogP contribution in [-0.2, 0) is 0 Å². The van der Waals surface area contributed by atoms with E-state index in [1.165, 1.54) is 42.7 Å². The van der Waals surface area contributed by atoms with Crippen molar-refractivity contribution in [1.29, 1.82) is 0 Å². The first-order valence-electron chi connectivity index (χ1n) is 7.58. The van der Waals surface area contributed by atoms with Crippen molar-refractivity contribution in [3.63, 3.8) is 0 Å². The Kier molecular flexibility index (Phi) is 3.77. The van der Waals surface area contributed by atoms with Gasteiger partial charge in [0.2, 0.25) is 0 Å². The van der Waals surface area contributed by atoms with Crippen molar-refractivity contribution in [2.24, 2.45) is 0 Å². The summed E-state index contributed by atoms with van der Waals surface area (Å²) in [6, 6.07) is 21.9. The molecule has 1 heterocycles. The second kappa shape index (κ2) is 5.80. The molecule has 3 heteroatoms. The van der Waals surface area contributed by atoms with Gasteiger partial charge < -0.3 is 0 Å². The number of halogens is 1. The predicted molar refractivity (Wildman–Crippen MR) is 111 cm³/mol. The maximum atomic E-state index is 2.42. The van der Waals surface area contributed by atoms with Crippen molar-refractivity contribution in [2.75, 3.05) is 3.11 Å². The highest BCUT2D eigenvalue weighted by molar-refractivity contribution is 14.1. The molecule has 0 radical (unpaired) electrons. The molecule has 4 rings (SSSR count). The number of thiophene rings is 1. The van der Waals surface area contributed by atoms with Crippen LogP contribution in [-0.4, -0.2) is 0 Å². The fraction of sp³-hybridized carbons (Fsp3) is 0.100. The first kappa shape index (κ1) is 15.0. The maximum absolute atomic E-state index is 2.42. The molecule has 4 aromatic rings. The highest BCUT2D eigenvalue weighted by Crippen LogP contribution is 2.43. The van der Waals surface area contributed by atoms with Crippen molar-refractivity contribution in [3.05, 3.63) is 71.8 Å². The van der Waals surface area contributed by atoms with Crippen molar-refractivity contribution < 1.29 is 0 Å². The summed E-state index contributed by atoms with van der Waals surface area (Å²) >= 11 is 4.30. The van der Waals surface area contributed by atoms with E-state index < -0.39 is 0 Å². The molecule has 0 aliphatic rings. The molecule has 0 N–H and O–H groups in total. The summed E-state index contributed by atoms with van der Waals surface area (Å²) in [6.45, 7) is 4.32. The lowest BCUT2D eigenvalue weighted by Gasteiger charge is -2.20. The van der Waals surface area contributed by atoms with Crippen LogP contribution in [0.2, 0.25) is 0 Å². The van der Waals surface area contributed by atoms with E-state index in [1.807, 2.05) is 11.3 Å². The summed E-state index contributed by atoms with van der Waals surface area (Å²) in [5, 5.41) is 2.69. The molecule has 0 spiro atoms. The third-order valence-corrected chi connectivity index (χ3v) is 6.41. The Bertz CT molecular complexity index is 1020. The van der Waals surface area contributed by atoms with E-state index in [2.05, 4.69) is 100 Å². The van der Waals surface area contributed by atoms with Gasteiger partial charge in [-0.25, -0.2) is 0 Å². The van der Waals surface area contributed by atoms with Gasteiger partial charge in [-0.2, -0.15) is 0 Å². The Labute approximate surface area is 154 Å². The minimum Gasteiger partial charge on any atom is -0.281 e. The first-order valence-corrected chi connectivity index (χ1v) is 9.37. The monoisotopic (exact) mass is 429 g/mol. The van der Waals surface area contributed by atoms with E-state index in [0.717, 1.165) is 0 Å². The number of benzene rings is 3. The van der Waals surface area contributed by atoms with Crippen LogP contribution < -0.4 is 3.11 Å². The summed E-state index contributed by atoms with van der Waals surface area (Å²) in [5.41, 5.74) is 5.12. The summed E-state index contributed by atoms with van der Waals surface area (Å²) in [6.07, 6.45) is 0. The minimum atomic E-state index is 1.25. The maximum Gasteiger partial charge on any atom is 0.0689 e. The number of nitrogens with zero attached hydrogens (tertiary/aromatic N) is 1. The smallest absolute Gasteiger partial charge is 0.0689 e. The molecule has 0 bridgehead atoms. The third-order valence-electron chi connectivity index (χ3n) is 4.16. The standard InChI is InChI=1S/C20H16INS/c1-13-10-11-17(14(2)12-13)22(21)18-8-5-7-16-15-6-3-4-9-19(15)23-20(16)18/h3-12H,1-2H3. The number of hydrogen-bond acceptors (Lipinski definition) is 2. The molecule has 3 aromatic carbocycles. The van der Waals surface area contributed by atoms with Gasteiger partial charge in [0, 0.05) is 15.5 Å². The fourth-order valence-corrected chi connectivity index (χ4v) is 5.36. The van der Waals surface area contributed by atoms with Crippen LogP contribution in [0.1, 0.15) is 11.1 Å². The first-order chi connectivity index (χ1) is 11.1. The molecule has 1 aromatic heterocycles. The zero-order chi connectivity index (χ0) is 16.0. The van der Waals surface area contributed by atoms with E-state index in [1.54, 1.807) is 0 Å². The quantitative estimate of drug-likeness (QED) is 0.241. The van der Waals surface area contributed by atoms with Gasteiger partial charge in [0.25, 0.3) is 0 Å². The Hall–Kier alpha value is -1.59. The molecular formula is C20H16INS. The predicted octanol–water partition coefficient (Wildman–Crippen LogP) is 7.16. The topological polar surface area (TPSA) is 3.24 Å². The second-order valence-electron chi connectivity index (χ2n) is 5.82. The summed E-state index contributed by atoms with van der Waals surface area (Å²) in [5.74, 6) is 0.